The van der Waals surface area contributed by atoms with Crippen molar-refractivity contribution in [3.8, 4) is 16.9 Å². The summed E-state index contributed by atoms with van der Waals surface area (Å²) in [6.45, 7) is 12.9. The fourth-order valence-corrected chi connectivity index (χ4v) is 5.22. The van der Waals surface area contributed by atoms with Gasteiger partial charge < -0.3 is 20.3 Å². The number of fused-ring (bicyclic) bond motifs is 1. The molecule has 4 rings (SSSR count). The summed E-state index contributed by atoms with van der Waals surface area (Å²) in [4.78, 5) is 31.1. The number of benzene rings is 2. The number of hydrogen-bond donors (Lipinski definition) is 2. The SMILES string of the molecule is CCCCn1c(=O)c(NC=O)c(-c2cccc(OCCN(C)C)c2)c2cccnc21.CNc1c(C(C)C)cccc1C(C)C. The maximum absolute atomic E-state index is 13.3. The predicted octanol–water partition coefficient (Wildman–Crippen LogP) is 7.35. The first-order valence-electron chi connectivity index (χ1n) is 15.5. The van der Waals surface area contributed by atoms with Crippen molar-refractivity contribution in [2.45, 2.75) is 65.8 Å². The van der Waals surface area contributed by atoms with E-state index in [1.165, 1.54) is 16.8 Å². The Balaban J connectivity index is 0.000000317. The van der Waals surface area contributed by atoms with Gasteiger partial charge >= 0.3 is 0 Å². The molecule has 0 fully saturated rings. The highest BCUT2D eigenvalue weighted by Crippen LogP contribution is 2.35. The second-order valence-electron chi connectivity index (χ2n) is 11.7. The van der Waals surface area contributed by atoms with Crippen molar-refractivity contribution in [2.75, 3.05) is 44.9 Å². The van der Waals surface area contributed by atoms with Gasteiger partial charge in [0.05, 0.1) is 0 Å². The topological polar surface area (TPSA) is 88.5 Å². The first-order valence-corrected chi connectivity index (χ1v) is 15.5. The first-order chi connectivity index (χ1) is 21.1. The first kappa shape index (κ1) is 34.3. The van der Waals surface area contributed by atoms with E-state index in [-0.39, 0.29) is 11.2 Å². The third-order valence-corrected chi connectivity index (χ3v) is 7.51. The van der Waals surface area contributed by atoms with Crippen LogP contribution in [0.2, 0.25) is 0 Å². The Morgan fingerprint density at radius 1 is 0.977 bits per heavy atom. The van der Waals surface area contributed by atoms with E-state index in [0.29, 0.717) is 48.4 Å². The molecule has 2 aromatic heterocycles. The Morgan fingerprint density at radius 3 is 2.25 bits per heavy atom. The summed E-state index contributed by atoms with van der Waals surface area (Å²) in [7, 11) is 5.99. The molecule has 0 aliphatic heterocycles. The van der Waals surface area contributed by atoms with Crippen molar-refractivity contribution in [3.05, 3.63) is 82.3 Å². The molecular formula is C36H49N5O3. The van der Waals surface area contributed by atoms with E-state index in [1.54, 1.807) is 10.8 Å². The quantitative estimate of drug-likeness (QED) is 0.156. The molecule has 0 bridgehead atoms. The molecule has 0 saturated heterocycles. The number of nitrogens with zero attached hydrogens (tertiary/aromatic N) is 3. The standard InChI is InChI=1S/C23H28N4O3.C13H21N/c1-4-5-12-27-22-19(10-7-11-24-22)20(21(23(27)29)25-16-28)17-8-6-9-18(15-17)30-14-13-26(2)3;1-9(2)11-7-6-8-12(10(3)4)13(11)14-5/h6-11,15-16H,4-5,12-14H2,1-3H3,(H,25,28);6-10,14H,1-5H3. The lowest BCUT2D eigenvalue weighted by Gasteiger charge is -2.18. The van der Waals surface area contributed by atoms with Crippen LogP contribution in [0.15, 0.2) is 65.6 Å². The second-order valence-corrected chi connectivity index (χ2v) is 11.7. The monoisotopic (exact) mass is 599 g/mol. The summed E-state index contributed by atoms with van der Waals surface area (Å²) in [6, 6.07) is 17.9. The molecule has 0 aliphatic carbocycles. The number of anilines is 2. The molecule has 0 saturated carbocycles. The highest BCUT2D eigenvalue weighted by Gasteiger charge is 2.19. The van der Waals surface area contributed by atoms with Gasteiger partial charge in [-0.2, -0.15) is 0 Å². The van der Waals surface area contributed by atoms with E-state index in [4.69, 9.17) is 4.74 Å². The third kappa shape index (κ3) is 8.47. The summed E-state index contributed by atoms with van der Waals surface area (Å²) >= 11 is 0. The Kier molecular flexibility index (Phi) is 13.0. The van der Waals surface area contributed by atoms with Gasteiger partial charge in [-0.3, -0.25) is 14.2 Å². The van der Waals surface area contributed by atoms with E-state index in [9.17, 15) is 9.59 Å². The van der Waals surface area contributed by atoms with E-state index in [1.807, 2.05) is 62.4 Å². The van der Waals surface area contributed by atoms with Crippen molar-refractivity contribution in [2.24, 2.45) is 0 Å². The third-order valence-electron chi connectivity index (χ3n) is 7.51. The van der Waals surface area contributed by atoms with Crippen molar-refractivity contribution < 1.29 is 9.53 Å². The van der Waals surface area contributed by atoms with Crippen molar-refractivity contribution >= 4 is 28.8 Å². The number of amides is 1. The highest BCUT2D eigenvalue weighted by molar-refractivity contribution is 6.01. The molecule has 0 radical (unpaired) electrons. The minimum atomic E-state index is -0.254. The van der Waals surface area contributed by atoms with Crippen LogP contribution in [0.4, 0.5) is 11.4 Å². The van der Waals surface area contributed by atoms with Crippen LogP contribution in [-0.4, -0.2) is 55.2 Å². The zero-order chi connectivity index (χ0) is 32.2. The average molecular weight is 600 g/mol. The minimum Gasteiger partial charge on any atom is -0.492 e. The molecule has 0 unspecified atom stereocenters. The number of carbonyl (C=O) groups is 1. The van der Waals surface area contributed by atoms with Gasteiger partial charge in [0.25, 0.3) is 5.56 Å². The molecule has 1 amide bonds. The molecule has 2 aromatic carbocycles. The number of carbonyl (C=O) groups excluding carboxylic acids is 1. The Hall–Kier alpha value is -4.17. The number of aromatic nitrogens is 2. The molecule has 2 N–H and O–H groups in total. The number of aryl methyl sites for hydroxylation is 1. The molecule has 0 spiro atoms. The number of likely N-dealkylation sites (N-methyl/N-ethyl adjacent to an activating group) is 1. The number of para-hydroxylation sites is 1. The molecule has 44 heavy (non-hydrogen) atoms. The second kappa shape index (κ2) is 16.6. The molecular weight excluding hydrogens is 550 g/mol. The number of nitrogens with one attached hydrogen (secondary N) is 2. The summed E-state index contributed by atoms with van der Waals surface area (Å²) in [5, 5.41) is 6.78. The largest absolute Gasteiger partial charge is 0.492 e. The van der Waals surface area contributed by atoms with Gasteiger partial charge in [0.15, 0.2) is 0 Å². The molecule has 0 aliphatic rings. The zero-order valence-electron chi connectivity index (χ0n) is 27.6. The van der Waals surface area contributed by atoms with Gasteiger partial charge in [-0.15, -0.1) is 0 Å². The van der Waals surface area contributed by atoms with Gasteiger partial charge in [0.1, 0.15) is 23.7 Å². The van der Waals surface area contributed by atoms with Crippen LogP contribution < -0.4 is 20.9 Å². The molecule has 4 aromatic rings. The lowest BCUT2D eigenvalue weighted by Crippen LogP contribution is -2.25. The predicted molar refractivity (Wildman–Crippen MR) is 184 cm³/mol. The lowest BCUT2D eigenvalue weighted by atomic mass is 9.93. The number of ether oxygens (including phenoxy) is 1. The zero-order valence-corrected chi connectivity index (χ0v) is 27.6. The molecule has 0 atom stereocenters. The van der Waals surface area contributed by atoms with E-state index in [2.05, 4.69) is 68.4 Å². The highest BCUT2D eigenvalue weighted by atomic mass is 16.5. The van der Waals surface area contributed by atoms with Crippen molar-refractivity contribution in [1.82, 2.24) is 14.5 Å². The van der Waals surface area contributed by atoms with Crippen molar-refractivity contribution in [1.29, 1.82) is 0 Å². The minimum absolute atomic E-state index is 0.254. The van der Waals surface area contributed by atoms with Gasteiger partial charge in [-0.1, -0.05) is 71.4 Å². The van der Waals surface area contributed by atoms with Gasteiger partial charge in [-0.25, -0.2) is 4.98 Å². The van der Waals surface area contributed by atoms with Gasteiger partial charge in [0, 0.05) is 43.0 Å². The van der Waals surface area contributed by atoms with Crippen LogP contribution in [-0.2, 0) is 11.3 Å². The summed E-state index contributed by atoms with van der Waals surface area (Å²) in [5.74, 6) is 1.87. The maximum atomic E-state index is 13.3. The fourth-order valence-electron chi connectivity index (χ4n) is 5.22. The van der Waals surface area contributed by atoms with Gasteiger partial charge in [-0.05, 0) is 73.3 Å². The Bertz CT molecular complexity index is 1550. The average Bonchev–Trinajstić information content (AvgIpc) is 3.01. The maximum Gasteiger partial charge on any atom is 0.276 e. The van der Waals surface area contributed by atoms with Crippen molar-refractivity contribution in [3.63, 3.8) is 0 Å². The van der Waals surface area contributed by atoms with Crippen LogP contribution in [0.3, 0.4) is 0 Å². The van der Waals surface area contributed by atoms with Gasteiger partial charge in [0.2, 0.25) is 6.41 Å². The van der Waals surface area contributed by atoms with E-state index >= 15 is 0 Å². The summed E-state index contributed by atoms with van der Waals surface area (Å²) in [5.41, 5.74) is 6.21. The molecule has 8 nitrogen and oxygen atoms in total. The van der Waals surface area contributed by atoms with E-state index < -0.39 is 0 Å². The van der Waals surface area contributed by atoms with Crippen LogP contribution >= 0.6 is 0 Å². The Labute approximate surface area is 262 Å². The number of rotatable bonds is 13. The van der Waals surface area contributed by atoms with Crippen LogP contribution in [0.1, 0.15) is 70.4 Å². The summed E-state index contributed by atoms with van der Waals surface area (Å²) < 4.78 is 7.51. The molecule has 236 valence electrons. The van der Waals surface area contributed by atoms with Crippen LogP contribution in [0, 0.1) is 0 Å². The Morgan fingerprint density at radius 2 is 1.66 bits per heavy atom. The van der Waals surface area contributed by atoms with Crippen LogP contribution in [0.25, 0.3) is 22.2 Å². The number of pyridine rings is 2. The lowest BCUT2D eigenvalue weighted by molar-refractivity contribution is -0.105. The molecule has 8 heteroatoms. The smallest absolute Gasteiger partial charge is 0.276 e. The number of hydrogen-bond acceptors (Lipinski definition) is 6. The fraction of sp³-hybridized carbons (Fsp3) is 0.417. The van der Waals surface area contributed by atoms with Crippen LogP contribution in [0.5, 0.6) is 5.75 Å². The van der Waals surface area contributed by atoms with E-state index in [0.717, 1.165) is 30.3 Å². The molecule has 2 heterocycles. The summed E-state index contributed by atoms with van der Waals surface area (Å²) in [6.07, 6.45) is 4.03. The number of unbranched alkanes of at least 4 members (excludes halogenated alkanes) is 1. The normalized spacial score (nSPS) is 11.1.